The maximum Gasteiger partial charge on any atom is 0.312 e. The Morgan fingerprint density at radius 1 is 1.17 bits per heavy atom. The lowest BCUT2D eigenvalue weighted by Gasteiger charge is -2.07. The van der Waals surface area contributed by atoms with Crippen molar-refractivity contribution in [2.45, 2.75) is 18.2 Å². The maximum absolute atomic E-state index is 12.1. The summed E-state index contributed by atoms with van der Waals surface area (Å²) in [6.45, 7) is 2.15. The Morgan fingerprint density at radius 2 is 2.00 bits per heavy atom. The van der Waals surface area contributed by atoms with Crippen LogP contribution in [0.5, 0.6) is 5.75 Å². The number of thiazole rings is 1. The van der Waals surface area contributed by atoms with Crippen molar-refractivity contribution in [3.05, 3.63) is 59.6 Å². The number of benzene rings is 2. The summed E-state index contributed by atoms with van der Waals surface area (Å²) < 4.78 is 10.7. The Kier molecular flexibility index (Phi) is 7.87. The van der Waals surface area contributed by atoms with Gasteiger partial charge >= 0.3 is 5.97 Å². The number of thioether (sulfide) groups is 1. The van der Waals surface area contributed by atoms with Crippen LogP contribution in [0.4, 0.5) is 5.69 Å². The fourth-order valence-electron chi connectivity index (χ4n) is 2.68. The molecule has 0 aliphatic rings. The lowest BCUT2D eigenvalue weighted by Crippen LogP contribution is -2.21. The van der Waals surface area contributed by atoms with Gasteiger partial charge in [-0.1, -0.05) is 18.2 Å². The second-order valence-electron chi connectivity index (χ2n) is 6.19. The Hall–Kier alpha value is -2.84. The summed E-state index contributed by atoms with van der Waals surface area (Å²) in [6.07, 6.45) is 1.96. The van der Waals surface area contributed by atoms with E-state index >= 15 is 0 Å². The third kappa shape index (κ3) is 6.08. The van der Waals surface area contributed by atoms with Crippen molar-refractivity contribution >= 4 is 40.7 Å². The number of rotatable bonds is 9. The number of carbonyl (C=O) groups is 2. The second kappa shape index (κ2) is 10.8. The first-order chi connectivity index (χ1) is 14.6. The van der Waals surface area contributed by atoms with Crippen LogP contribution in [0, 0.1) is 0 Å². The predicted molar refractivity (Wildman–Crippen MR) is 120 cm³/mol. The van der Waals surface area contributed by atoms with Crippen LogP contribution in [-0.2, 0) is 20.7 Å². The number of ether oxygens (including phenoxy) is 2. The van der Waals surface area contributed by atoms with Crippen LogP contribution in [0.15, 0.2) is 58.8 Å². The molecule has 156 valence electrons. The van der Waals surface area contributed by atoms with E-state index in [-0.39, 0.29) is 18.9 Å². The Labute approximate surface area is 183 Å². The van der Waals surface area contributed by atoms with Crippen LogP contribution in [0.25, 0.3) is 10.6 Å². The molecular formula is C22H22N2O4S2. The van der Waals surface area contributed by atoms with Crippen LogP contribution in [0.3, 0.4) is 0 Å². The van der Waals surface area contributed by atoms with E-state index in [1.807, 2.05) is 61.0 Å². The predicted octanol–water partition coefficient (Wildman–Crippen LogP) is 4.66. The molecule has 1 heterocycles. The summed E-state index contributed by atoms with van der Waals surface area (Å²) in [5, 5.41) is 5.31. The summed E-state index contributed by atoms with van der Waals surface area (Å²) in [5.41, 5.74) is 2.15. The maximum atomic E-state index is 12.1. The summed E-state index contributed by atoms with van der Waals surface area (Å²) in [7, 11) is 0. The molecule has 0 atom stereocenters. The van der Waals surface area contributed by atoms with Crippen molar-refractivity contribution in [2.24, 2.45) is 0 Å². The number of aromatic nitrogens is 1. The molecule has 2 aromatic carbocycles. The number of para-hydroxylation sites is 1. The monoisotopic (exact) mass is 442 g/mol. The smallest absolute Gasteiger partial charge is 0.312 e. The van der Waals surface area contributed by atoms with Gasteiger partial charge in [-0.15, -0.1) is 23.1 Å². The van der Waals surface area contributed by atoms with Crippen molar-refractivity contribution in [2.75, 3.05) is 24.8 Å². The van der Waals surface area contributed by atoms with Crippen molar-refractivity contribution in [3.8, 4) is 16.3 Å². The minimum absolute atomic E-state index is 0.00252. The number of amides is 1. The Morgan fingerprint density at radius 3 is 2.80 bits per heavy atom. The van der Waals surface area contributed by atoms with Gasteiger partial charge in [0.2, 0.25) is 0 Å². The average Bonchev–Trinajstić information content (AvgIpc) is 3.21. The summed E-state index contributed by atoms with van der Waals surface area (Å²) in [4.78, 5) is 29.7. The molecule has 30 heavy (non-hydrogen) atoms. The third-order valence-electron chi connectivity index (χ3n) is 4.01. The first kappa shape index (κ1) is 21.9. The zero-order chi connectivity index (χ0) is 21.3. The van der Waals surface area contributed by atoms with E-state index in [4.69, 9.17) is 9.47 Å². The van der Waals surface area contributed by atoms with E-state index in [1.54, 1.807) is 17.8 Å². The molecule has 0 aliphatic carbocycles. The normalized spacial score (nSPS) is 10.5. The highest BCUT2D eigenvalue weighted by Gasteiger charge is 2.14. The Bertz CT molecular complexity index is 1020. The Balaban J connectivity index is 1.53. The van der Waals surface area contributed by atoms with Gasteiger partial charge in [0, 0.05) is 16.0 Å². The molecule has 0 fully saturated rings. The van der Waals surface area contributed by atoms with Crippen LogP contribution in [-0.4, -0.2) is 36.3 Å². The number of anilines is 1. The van der Waals surface area contributed by atoms with Gasteiger partial charge in [-0.3, -0.25) is 9.59 Å². The fraction of sp³-hybridized carbons (Fsp3) is 0.227. The summed E-state index contributed by atoms with van der Waals surface area (Å²) >= 11 is 3.02. The van der Waals surface area contributed by atoms with Gasteiger partial charge in [-0.05, 0) is 43.5 Å². The van der Waals surface area contributed by atoms with Gasteiger partial charge in [0.25, 0.3) is 5.91 Å². The molecule has 1 aromatic heterocycles. The number of hydrogen-bond donors (Lipinski definition) is 1. The highest BCUT2D eigenvalue weighted by Crippen LogP contribution is 2.32. The molecule has 0 spiro atoms. The first-order valence-electron chi connectivity index (χ1n) is 9.35. The molecule has 1 N–H and O–H groups in total. The number of nitrogens with zero attached hydrogens (tertiary/aromatic N) is 1. The molecular weight excluding hydrogens is 420 g/mol. The molecule has 3 rings (SSSR count). The molecule has 8 heteroatoms. The van der Waals surface area contributed by atoms with Crippen molar-refractivity contribution in [1.82, 2.24) is 4.98 Å². The molecule has 0 unspecified atom stereocenters. The molecule has 1 amide bonds. The molecule has 6 nitrogen and oxygen atoms in total. The lowest BCUT2D eigenvalue weighted by molar-refractivity contribution is -0.146. The van der Waals surface area contributed by atoms with Crippen molar-refractivity contribution in [3.63, 3.8) is 0 Å². The number of hydrogen-bond acceptors (Lipinski definition) is 7. The van der Waals surface area contributed by atoms with Crippen LogP contribution in [0.2, 0.25) is 0 Å². The van der Waals surface area contributed by atoms with E-state index < -0.39 is 5.97 Å². The van der Waals surface area contributed by atoms with Crippen molar-refractivity contribution in [1.29, 1.82) is 0 Å². The minimum Gasteiger partial charge on any atom is -0.493 e. The van der Waals surface area contributed by atoms with Gasteiger partial charge < -0.3 is 14.8 Å². The SMILES string of the molecule is CCOc1ccccc1-c1nc(CC(=O)OCC(=O)Nc2cccc(SC)c2)cs1. The van der Waals surface area contributed by atoms with E-state index in [1.165, 1.54) is 11.3 Å². The standard InChI is InChI=1S/C22H22N2O4S2/c1-3-27-19-10-5-4-9-18(19)22-24-16(14-30-22)12-21(26)28-13-20(25)23-15-7-6-8-17(11-15)29-2/h4-11,14H,3,12-13H2,1-2H3,(H,23,25). The van der Waals surface area contributed by atoms with Crippen LogP contribution < -0.4 is 10.1 Å². The highest BCUT2D eigenvalue weighted by molar-refractivity contribution is 7.98. The van der Waals surface area contributed by atoms with Gasteiger partial charge in [0.05, 0.1) is 24.3 Å². The zero-order valence-corrected chi connectivity index (χ0v) is 18.3. The molecule has 0 saturated carbocycles. The van der Waals surface area contributed by atoms with Gasteiger partial charge in [-0.2, -0.15) is 0 Å². The lowest BCUT2D eigenvalue weighted by atomic mass is 10.2. The number of nitrogens with one attached hydrogen (secondary N) is 1. The van der Waals surface area contributed by atoms with Crippen LogP contribution in [0.1, 0.15) is 12.6 Å². The number of esters is 1. The molecule has 0 bridgehead atoms. The van der Waals surface area contributed by atoms with E-state index in [9.17, 15) is 9.59 Å². The average molecular weight is 443 g/mol. The quantitative estimate of drug-likeness (QED) is 0.384. The zero-order valence-electron chi connectivity index (χ0n) is 16.7. The second-order valence-corrected chi connectivity index (χ2v) is 7.93. The highest BCUT2D eigenvalue weighted by atomic mass is 32.2. The van der Waals surface area contributed by atoms with E-state index in [0.717, 1.165) is 21.2 Å². The molecule has 3 aromatic rings. The fourth-order valence-corrected chi connectivity index (χ4v) is 3.99. The van der Waals surface area contributed by atoms with Gasteiger partial charge in [0.15, 0.2) is 6.61 Å². The molecule has 0 radical (unpaired) electrons. The third-order valence-corrected chi connectivity index (χ3v) is 5.66. The van der Waals surface area contributed by atoms with Crippen LogP contribution >= 0.6 is 23.1 Å². The topological polar surface area (TPSA) is 77.5 Å². The summed E-state index contributed by atoms with van der Waals surface area (Å²) in [6, 6.07) is 15.1. The molecule has 0 saturated heterocycles. The van der Waals surface area contributed by atoms with Gasteiger partial charge in [-0.25, -0.2) is 4.98 Å². The summed E-state index contributed by atoms with van der Waals surface area (Å²) in [5.74, 6) is -0.130. The largest absolute Gasteiger partial charge is 0.493 e. The van der Waals surface area contributed by atoms with E-state index in [0.29, 0.717) is 18.0 Å². The first-order valence-corrected chi connectivity index (χ1v) is 11.5. The minimum atomic E-state index is -0.502. The van der Waals surface area contributed by atoms with Gasteiger partial charge in [0.1, 0.15) is 10.8 Å². The molecule has 0 aliphatic heterocycles. The van der Waals surface area contributed by atoms with E-state index in [2.05, 4.69) is 10.3 Å². The number of carbonyl (C=O) groups excluding carboxylic acids is 2. The van der Waals surface area contributed by atoms with Crippen molar-refractivity contribution < 1.29 is 19.1 Å².